The van der Waals surface area contributed by atoms with Gasteiger partial charge in [0.15, 0.2) is 0 Å². The van der Waals surface area contributed by atoms with Gasteiger partial charge in [-0.15, -0.1) is 0 Å². The average Bonchev–Trinajstić information content (AvgIpc) is 2.47. The van der Waals surface area contributed by atoms with Crippen LogP contribution in [0.5, 0.6) is 0 Å². The maximum Gasteiger partial charge on any atom is 0.251 e. The van der Waals surface area contributed by atoms with E-state index in [1.165, 1.54) is 5.56 Å². The summed E-state index contributed by atoms with van der Waals surface area (Å²) in [5.74, 6) is -0.686. The lowest BCUT2D eigenvalue weighted by molar-refractivity contribution is 0.0937. The highest BCUT2D eigenvalue weighted by Gasteiger charge is 2.11. The molecule has 0 aliphatic carbocycles. The summed E-state index contributed by atoms with van der Waals surface area (Å²) in [6, 6.07) is 14.2. The largest absolute Gasteiger partial charge is 0.366 e. The molecule has 0 spiro atoms. The minimum Gasteiger partial charge on any atom is -0.366 e. The van der Waals surface area contributed by atoms with Crippen molar-refractivity contribution in [1.82, 2.24) is 5.32 Å². The molecule has 4 nitrogen and oxygen atoms in total. The molecule has 0 aliphatic rings. The van der Waals surface area contributed by atoms with E-state index < -0.39 is 5.91 Å². The van der Waals surface area contributed by atoms with E-state index in [0.29, 0.717) is 11.1 Å². The van der Waals surface area contributed by atoms with E-state index in [1.807, 2.05) is 38.1 Å². The quantitative estimate of drug-likeness (QED) is 0.904. The van der Waals surface area contributed by atoms with E-state index in [4.69, 9.17) is 5.73 Å². The van der Waals surface area contributed by atoms with E-state index in [9.17, 15) is 9.59 Å². The molecule has 0 radical (unpaired) electrons. The Morgan fingerprint density at radius 2 is 1.48 bits per heavy atom. The number of carbonyl (C=O) groups is 2. The van der Waals surface area contributed by atoms with Gasteiger partial charge in [0, 0.05) is 11.1 Å². The molecular weight excluding hydrogens is 264 g/mol. The van der Waals surface area contributed by atoms with Crippen LogP contribution in [0.4, 0.5) is 0 Å². The number of aryl methyl sites for hydroxylation is 1. The monoisotopic (exact) mass is 282 g/mol. The second kappa shape index (κ2) is 6.22. The molecule has 4 heteroatoms. The fourth-order valence-corrected chi connectivity index (χ4v) is 2.00. The van der Waals surface area contributed by atoms with Crippen LogP contribution in [0, 0.1) is 6.92 Å². The van der Waals surface area contributed by atoms with Crippen LogP contribution < -0.4 is 11.1 Å². The number of carbonyl (C=O) groups excluding carboxylic acids is 2. The molecule has 1 atom stereocenters. The summed E-state index contributed by atoms with van der Waals surface area (Å²) >= 11 is 0. The molecule has 21 heavy (non-hydrogen) atoms. The van der Waals surface area contributed by atoms with Crippen molar-refractivity contribution in [3.63, 3.8) is 0 Å². The van der Waals surface area contributed by atoms with Crippen LogP contribution in [-0.2, 0) is 0 Å². The van der Waals surface area contributed by atoms with Crippen molar-refractivity contribution in [3.8, 4) is 0 Å². The highest BCUT2D eigenvalue weighted by atomic mass is 16.2. The summed E-state index contributed by atoms with van der Waals surface area (Å²) in [7, 11) is 0. The summed E-state index contributed by atoms with van der Waals surface area (Å²) in [6.07, 6.45) is 0. The fourth-order valence-electron chi connectivity index (χ4n) is 2.00. The predicted octanol–water partition coefficient (Wildman–Crippen LogP) is 2.58. The Hall–Kier alpha value is -2.62. The number of primary amides is 1. The zero-order chi connectivity index (χ0) is 15.4. The number of nitrogens with two attached hydrogens (primary N) is 1. The lowest BCUT2D eigenvalue weighted by Crippen LogP contribution is -2.26. The van der Waals surface area contributed by atoms with Crippen molar-refractivity contribution >= 4 is 11.8 Å². The molecule has 0 fully saturated rings. The number of nitrogens with one attached hydrogen (secondary N) is 1. The third-order valence-electron chi connectivity index (χ3n) is 3.36. The van der Waals surface area contributed by atoms with Crippen LogP contribution in [0.25, 0.3) is 0 Å². The smallest absolute Gasteiger partial charge is 0.251 e. The molecule has 3 N–H and O–H groups in total. The van der Waals surface area contributed by atoms with Gasteiger partial charge in [0.1, 0.15) is 0 Å². The SMILES string of the molecule is Cc1ccc(C(C)NC(=O)c2ccc(C(N)=O)cc2)cc1. The zero-order valence-corrected chi connectivity index (χ0v) is 12.1. The lowest BCUT2D eigenvalue weighted by atomic mass is 10.1. The van der Waals surface area contributed by atoms with Gasteiger partial charge in [-0.1, -0.05) is 29.8 Å². The Morgan fingerprint density at radius 1 is 0.952 bits per heavy atom. The topological polar surface area (TPSA) is 72.2 Å². The van der Waals surface area contributed by atoms with Crippen LogP contribution in [0.1, 0.15) is 44.8 Å². The van der Waals surface area contributed by atoms with Gasteiger partial charge in [-0.2, -0.15) is 0 Å². The predicted molar refractivity (Wildman–Crippen MR) is 82.0 cm³/mol. The molecule has 1 unspecified atom stereocenters. The molecule has 0 bridgehead atoms. The first-order valence-corrected chi connectivity index (χ1v) is 6.74. The van der Waals surface area contributed by atoms with Crippen molar-refractivity contribution in [3.05, 3.63) is 70.8 Å². The van der Waals surface area contributed by atoms with E-state index in [2.05, 4.69) is 5.32 Å². The first-order chi connectivity index (χ1) is 9.97. The zero-order valence-electron chi connectivity index (χ0n) is 12.1. The second-order valence-electron chi connectivity index (χ2n) is 5.05. The number of amides is 2. The Bertz CT molecular complexity index is 645. The summed E-state index contributed by atoms with van der Waals surface area (Å²) in [4.78, 5) is 23.1. The third kappa shape index (κ3) is 3.69. The fraction of sp³-hybridized carbons (Fsp3) is 0.176. The van der Waals surface area contributed by atoms with Crippen LogP contribution in [-0.4, -0.2) is 11.8 Å². The van der Waals surface area contributed by atoms with Gasteiger partial charge < -0.3 is 11.1 Å². The van der Waals surface area contributed by atoms with E-state index in [0.717, 1.165) is 5.56 Å². The van der Waals surface area contributed by atoms with Crippen LogP contribution in [0.15, 0.2) is 48.5 Å². The number of benzene rings is 2. The highest BCUT2D eigenvalue weighted by molar-refractivity contribution is 5.97. The van der Waals surface area contributed by atoms with E-state index >= 15 is 0 Å². The normalized spacial score (nSPS) is 11.7. The van der Waals surface area contributed by atoms with Crippen molar-refractivity contribution in [2.75, 3.05) is 0 Å². The molecular formula is C17H18N2O2. The van der Waals surface area contributed by atoms with Crippen LogP contribution in [0.2, 0.25) is 0 Å². The van der Waals surface area contributed by atoms with Gasteiger partial charge in [-0.25, -0.2) is 0 Å². The van der Waals surface area contributed by atoms with Crippen molar-refractivity contribution in [2.24, 2.45) is 5.73 Å². The van der Waals surface area contributed by atoms with Gasteiger partial charge in [0.2, 0.25) is 5.91 Å². The Kier molecular flexibility index (Phi) is 4.38. The Morgan fingerprint density at radius 3 is 2.00 bits per heavy atom. The third-order valence-corrected chi connectivity index (χ3v) is 3.36. The van der Waals surface area contributed by atoms with Crippen molar-refractivity contribution in [2.45, 2.75) is 19.9 Å². The molecule has 0 aliphatic heterocycles. The summed E-state index contributed by atoms with van der Waals surface area (Å²) in [5.41, 5.74) is 8.28. The maximum atomic E-state index is 12.1. The van der Waals surface area contributed by atoms with Crippen LogP contribution in [0.3, 0.4) is 0 Å². The lowest BCUT2D eigenvalue weighted by Gasteiger charge is -2.14. The summed E-state index contributed by atoms with van der Waals surface area (Å²) < 4.78 is 0. The molecule has 0 heterocycles. The minimum atomic E-state index is -0.505. The Labute approximate surface area is 124 Å². The van der Waals surface area contributed by atoms with Gasteiger partial charge in [-0.05, 0) is 43.7 Å². The molecule has 2 amide bonds. The van der Waals surface area contributed by atoms with E-state index in [-0.39, 0.29) is 11.9 Å². The summed E-state index contributed by atoms with van der Waals surface area (Å²) in [5, 5.41) is 2.93. The number of hydrogen-bond donors (Lipinski definition) is 2. The number of hydrogen-bond acceptors (Lipinski definition) is 2. The van der Waals surface area contributed by atoms with E-state index in [1.54, 1.807) is 24.3 Å². The van der Waals surface area contributed by atoms with Gasteiger partial charge >= 0.3 is 0 Å². The molecule has 0 saturated carbocycles. The molecule has 2 rings (SSSR count). The number of rotatable bonds is 4. The highest BCUT2D eigenvalue weighted by Crippen LogP contribution is 2.14. The van der Waals surface area contributed by atoms with Crippen molar-refractivity contribution < 1.29 is 9.59 Å². The Balaban J connectivity index is 2.06. The van der Waals surface area contributed by atoms with Crippen LogP contribution >= 0.6 is 0 Å². The molecule has 108 valence electrons. The second-order valence-corrected chi connectivity index (χ2v) is 5.05. The molecule has 0 saturated heterocycles. The van der Waals surface area contributed by atoms with Gasteiger partial charge in [0.05, 0.1) is 6.04 Å². The first-order valence-electron chi connectivity index (χ1n) is 6.74. The first kappa shape index (κ1) is 14.8. The van der Waals surface area contributed by atoms with Gasteiger partial charge in [-0.3, -0.25) is 9.59 Å². The van der Waals surface area contributed by atoms with Gasteiger partial charge in [0.25, 0.3) is 5.91 Å². The average molecular weight is 282 g/mol. The molecule has 2 aromatic rings. The maximum absolute atomic E-state index is 12.1. The molecule has 0 aromatic heterocycles. The van der Waals surface area contributed by atoms with Crippen molar-refractivity contribution in [1.29, 1.82) is 0 Å². The standard InChI is InChI=1S/C17H18N2O2/c1-11-3-5-13(6-4-11)12(2)19-17(21)15-9-7-14(8-10-15)16(18)20/h3-10,12H,1-2H3,(H2,18,20)(H,19,21). The molecule has 2 aromatic carbocycles. The summed E-state index contributed by atoms with van der Waals surface area (Å²) in [6.45, 7) is 3.95. The minimum absolute atomic E-state index is 0.0890.